The average Bonchev–Trinajstić information content (AvgIpc) is 2.74. The summed E-state index contributed by atoms with van der Waals surface area (Å²) in [4.78, 5) is 14.3. The van der Waals surface area contributed by atoms with Gasteiger partial charge in [0, 0.05) is 12.7 Å². The first kappa shape index (κ1) is 18.7. The molecule has 0 saturated carbocycles. The minimum absolute atomic E-state index is 0.0212. The van der Waals surface area contributed by atoms with Crippen molar-refractivity contribution < 1.29 is 14.6 Å². The van der Waals surface area contributed by atoms with Crippen molar-refractivity contribution in [3.05, 3.63) is 83.9 Å². The van der Waals surface area contributed by atoms with Crippen molar-refractivity contribution >= 4 is 11.6 Å². The average molecular weight is 361 g/mol. The predicted octanol–water partition coefficient (Wildman–Crippen LogP) is 4.06. The van der Waals surface area contributed by atoms with Crippen LogP contribution in [0.2, 0.25) is 0 Å². The highest BCUT2D eigenvalue weighted by molar-refractivity contribution is 5.94. The van der Waals surface area contributed by atoms with Crippen molar-refractivity contribution in [1.82, 2.24) is 0 Å². The highest BCUT2D eigenvalue weighted by Crippen LogP contribution is 2.25. The van der Waals surface area contributed by atoms with E-state index in [1.54, 1.807) is 19.1 Å². The SMILES string of the molecule is COc1ccc(CC(=O)N(C)c2cccc(-c3ccc(CO)cc3)c2)cc1. The Morgan fingerprint density at radius 3 is 2.22 bits per heavy atom. The Labute approximate surface area is 159 Å². The zero-order valence-electron chi connectivity index (χ0n) is 15.6. The lowest BCUT2D eigenvalue weighted by molar-refractivity contribution is -0.117. The van der Waals surface area contributed by atoms with Gasteiger partial charge < -0.3 is 14.7 Å². The van der Waals surface area contributed by atoms with E-state index in [0.29, 0.717) is 6.42 Å². The van der Waals surface area contributed by atoms with Gasteiger partial charge in [0.15, 0.2) is 0 Å². The number of likely N-dealkylation sites (N-methyl/N-ethyl adjacent to an activating group) is 1. The van der Waals surface area contributed by atoms with E-state index in [-0.39, 0.29) is 12.5 Å². The fraction of sp³-hybridized carbons (Fsp3) is 0.174. The summed E-state index contributed by atoms with van der Waals surface area (Å²) in [7, 11) is 3.41. The van der Waals surface area contributed by atoms with E-state index in [9.17, 15) is 9.90 Å². The second-order valence-corrected chi connectivity index (χ2v) is 6.38. The number of aliphatic hydroxyl groups is 1. The van der Waals surface area contributed by atoms with Crippen LogP contribution in [0.5, 0.6) is 5.75 Å². The number of methoxy groups -OCH3 is 1. The summed E-state index contributed by atoms with van der Waals surface area (Å²) in [5.74, 6) is 0.799. The third kappa shape index (κ3) is 4.54. The van der Waals surface area contributed by atoms with Crippen LogP contribution in [-0.2, 0) is 17.8 Å². The number of ether oxygens (including phenoxy) is 1. The van der Waals surface area contributed by atoms with Crippen molar-refractivity contribution in [3.8, 4) is 16.9 Å². The van der Waals surface area contributed by atoms with E-state index in [4.69, 9.17) is 4.74 Å². The molecule has 0 aliphatic rings. The summed E-state index contributed by atoms with van der Waals surface area (Å²) in [6.45, 7) is 0.0307. The first-order valence-corrected chi connectivity index (χ1v) is 8.80. The van der Waals surface area contributed by atoms with Crippen LogP contribution in [-0.4, -0.2) is 25.2 Å². The maximum Gasteiger partial charge on any atom is 0.231 e. The van der Waals surface area contributed by atoms with Crippen LogP contribution in [0.1, 0.15) is 11.1 Å². The number of nitrogens with zero attached hydrogens (tertiary/aromatic N) is 1. The molecule has 0 atom stereocenters. The molecule has 0 spiro atoms. The van der Waals surface area contributed by atoms with Gasteiger partial charge in [0.2, 0.25) is 5.91 Å². The highest BCUT2D eigenvalue weighted by atomic mass is 16.5. The second-order valence-electron chi connectivity index (χ2n) is 6.38. The first-order valence-electron chi connectivity index (χ1n) is 8.80. The van der Waals surface area contributed by atoms with Gasteiger partial charge >= 0.3 is 0 Å². The van der Waals surface area contributed by atoms with Crippen LogP contribution in [0.25, 0.3) is 11.1 Å². The largest absolute Gasteiger partial charge is 0.497 e. The maximum absolute atomic E-state index is 12.7. The van der Waals surface area contributed by atoms with Gasteiger partial charge in [0.05, 0.1) is 20.1 Å². The van der Waals surface area contributed by atoms with Gasteiger partial charge in [-0.2, -0.15) is 0 Å². The summed E-state index contributed by atoms with van der Waals surface area (Å²) < 4.78 is 5.15. The summed E-state index contributed by atoms with van der Waals surface area (Å²) in [6.07, 6.45) is 0.329. The summed E-state index contributed by atoms with van der Waals surface area (Å²) >= 11 is 0. The minimum Gasteiger partial charge on any atom is -0.497 e. The molecule has 0 aliphatic carbocycles. The Morgan fingerprint density at radius 1 is 0.926 bits per heavy atom. The van der Waals surface area contributed by atoms with Gasteiger partial charge in [-0.25, -0.2) is 0 Å². The van der Waals surface area contributed by atoms with E-state index < -0.39 is 0 Å². The van der Waals surface area contributed by atoms with E-state index in [2.05, 4.69) is 0 Å². The molecule has 0 aromatic heterocycles. The Morgan fingerprint density at radius 2 is 1.59 bits per heavy atom. The van der Waals surface area contributed by atoms with Crippen LogP contribution in [0.4, 0.5) is 5.69 Å². The molecule has 3 aromatic rings. The number of amides is 1. The Bertz CT molecular complexity index is 902. The molecular weight excluding hydrogens is 338 g/mol. The third-order valence-corrected chi connectivity index (χ3v) is 4.59. The zero-order valence-corrected chi connectivity index (χ0v) is 15.6. The van der Waals surface area contributed by atoms with E-state index in [1.807, 2.05) is 72.8 Å². The molecule has 4 nitrogen and oxygen atoms in total. The van der Waals surface area contributed by atoms with Crippen LogP contribution < -0.4 is 9.64 Å². The lowest BCUT2D eigenvalue weighted by Crippen LogP contribution is -2.27. The smallest absolute Gasteiger partial charge is 0.231 e. The van der Waals surface area contributed by atoms with Crippen molar-refractivity contribution in [2.75, 3.05) is 19.1 Å². The Balaban J connectivity index is 1.75. The van der Waals surface area contributed by atoms with Gasteiger partial charge in [0.25, 0.3) is 0 Å². The number of hydrogen-bond donors (Lipinski definition) is 1. The summed E-state index contributed by atoms with van der Waals surface area (Å²) in [5.41, 5.74) is 4.74. The molecule has 0 aliphatic heterocycles. The number of benzene rings is 3. The normalized spacial score (nSPS) is 10.5. The third-order valence-electron chi connectivity index (χ3n) is 4.59. The molecule has 0 unspecified atom stereocenters. The molecule has 1 amide bonds. The Hall–Kier alpha value is -3.11. The van der Waals surface area contributed by atoms with Crippen LogP contribution in [0.3, 0.4) is 0 Å². The molecule has 0 saturated heterocycles. The molecule has 1 N–H and O–H groups in total. The fourth-order valence-electron chi connectivity index (χ4n) is 2.88. The van der Waals surface area contributed by atoms with Crippen molar-refractivity contribution in [3.63, 3.8) is 0 Å². The maximum atomic E-state index is 12.7. The second kappa shape index (κ2) is 8.52. The number of anilines is 1. The van der Waals surface area contributed by atoms with Crippen molar-refractivity contribution in [2.24, 2.45) is 0 Å². The number of hydrogen-bond acceptors (Lipinski definition) is 3. The minimum atomic E-state index is 0.0212. The topological polar surface area (TPSA) is 49.8 Å². The molecule has 0 bridgehead atoms. The standard InChI is InChI=1S/C23H23NO3/c1-24(23(26)14-17-8-12-22(27-2)13-9-17)21-5-3-4-20(15-21)19-10-6-18(16-25)7-11-19/h3-13,15,25H,14,16H2,1-2H3. The number of aliphatic hydroxyl groups excluding tert-OH is 1. The zero-order chi connectivity index (χ0) is 19.2. The van der Waals surface area contributed by atoms with Gasteiger partial charge in [-0.15, -0.1) is 0 Å². The molecule has 0 fully saturated rings. The first-order chi connectivity index (χ1) is 13.1. The quantitative estimate of drug-likeness (QED) is 0.720. The molecule has 3 rings (SSSR count). The van der Waals surface area contributed by atoms with Crippen molar-refractivity contribution in [1.29, 1.82) is 0 Å². The monoisotopic (exact) mass is 361 g/mol. The van der Waals surface area contributed by atoms with E-state index >= 15 is 0 Å². The van der Waals surface area contributed by atoms with Crippen LogP contribution >= 0.6 is 0 Å². The van der Waals surface area contributed by atoms with Crippen molar-refractivity contribution in [2.45, 2.75) is 13.0 Å². The molecule has 138 valence electrons. The number of carbonyl (C=O) groups excluding carboxylic acids is 1. The van der Waals surface area contributed by atoms with Gasteiger partial charge in [-0.1, -0.05) is 48.5 Å². The highest BCUT2D eigenvalue weighted by Gasteiger charge is 2.12. The number of rotatable bonds is 6. The predicted molar refractivity (Wildman–Crippen MR) is 108 cm³/mol. The molecule has 0 radical (unpaired) electrons. The van der Waals surface area contributed by atoms with Crippen LogP contribution in [0.15, 0.2) is 72.8 Å². The molecular formula is C23H23NO3. The summed E-state index contributed by atoms with van der Waals surface area (Å²) in [6, 6.07) is 23.2. The van der Waals surface area contributed by atoms with E-state index in [0.717, 1.165) is 33.7 Å². The van der Waals surface area contributed by atoms with Crippen LogP contribution in [0, 0.1) is 0 Å². The molecule has 27 heavy (non-hydrogen) atoms. The fourth-order valence-corrected chi connectivity index (χ4v) is 2.88. The number of carbonyl (C=O) groups is 1. The lowest BCUT2D eigenvalue weighted by Gasteiger charge is -2.18. The van der Waals surface area contributed by atoms with E-state index in [1.165, 1.54) is 0 Å². The molecule has 4 heteroatoms. The summed E-state index contributed by atoms with van der Waals surface area (Å²) in [5, 5.41) is 9.18. The van der Waals surface area contributed by atoms with Gasteiger partial charge in [0.1, 0.15) is 5.75 Å². The lowest BCUT2D eigenvalue weighted by atomic mass is 10.0. The van der Waals surface area contributed by atoms with Gasteiger partial charge in [-0.3, -0.25) is 4.79 Å². The Kier molecular flexibility index (Phi) is 5.89. The molecule has 0 heterocycles. The molecule has 3 aromatic carbocycles. The van der Waals surface area contributed by atoms with Gasteiger partial charge in [-0.05, 0) is 46.5 Å².